The van der Waals surface area contributed by atoms with Crippen LogP contribution in [0.25, 0.3) is 11.1 Å². The van der Waals surface area contributed by atoms with Gasteiger partial charge in [-0.2, -0.15) is 0 Å². The van der Waals surface area contributed by atoms with Crippen LogP contribution in [0.3, 0.4) is 0 Å². The fraction of sp³-hybridized carbons (Fsp3) is 0.200. The summed E-state index contributed by atoms with van der Waals surface area (Å²) in [5.74, 6) is 0.365. The zero-order valence-corrected chi connectivity index (χ0v) is 10.9. The lowest BCUT2D eigenvalue weighted by atomic mass is 10.0. The van der Waals surface area contributed by atoms with Crippen LogP contribution in [0.2, 0.25) is 0 Å². The molecule has 0 aliphatic rings. The molecule has 4 heteroatoms. The van der Waals surface area contributed by atoms with E-state index in [1.165, 1.54) is 18.9 Å². The molecule has 0 aliphatic carbocycles. The molecule has 0 unspecified atom stereocenters. The number of nitrogens with zero attached hydrogens (tertiary/aromatic N) is 1. The Morgan fingerprint density at radius 1 is 1.16 bits per heavy atom. The maximum Gasteiger partial charge on any atom is 0.513 e. The summed E-state index contributed by atoms with van der Waals surface area (Å²) in [6, 6.07) is 9.95. The summed E-state index contributed by atoms with van der Waals surface area (Å²) in [4.78, 5) is 15.1. The maximum atomic E-state index is 11.0. The Morgan fingerprint density at radius 2 is 1.89 bits per heavy atom. The minimum Gasteiger partial charge on any atom is -0.437 e. The van der Waals surface area contributed by atoms with Crippen LogP contribution in [0.5, 0.6) is 5.75 Å². The molecule has 1 aromatic heterocycles. The molecule has 19 heavy (non-hydrogen) atoms. The summed E-state index contributed by atoms with van der Waals surface area (Å²) < 4.78 is 9.39. The number of benzene rings is 1. The fourth-order valence-corrected chi connectivity index (χ4v) is 1.70. The summed E-state index contributed by atoms with van der Waals surface area (Å²) in [6.07, 6.45) is 3.45. The average Bonchev–Trinajstić information content (AvgIpc) is 2.47. The fourth-order valence-electron chi connectivity index (χ4n) is 1.70. The molecule has 0 N–H and O–H groups in total. The molecule has 1 heterocycles. The number of aryl methyl sites for hydroxylation is 1. The largest absolute Gasteiger partial charge is 0.513 e. The van der Waals surface area contributed by atoms with E-state index < -0.39 is 6.16 Å². The Morgan fingerprint density at radius 3 is 2.53 bits per heavy atom. The Hall–Kier alpha value is -2.36. The minimum absolute atomic E-state index is 0.365. The van der Waals surface area contributed by atoms with Crippen molar-refractivity contribution in [3.05, 3.63) is 48.3 Å². The maximum absolute atomic E-state index is 11.0. The van der Waals surface area contributed by atoms with Crippen LogP contribution in [0, 0.1) is 0 Å². The Balaban J connectivity index is 2.24. The van der Waals surface area contributed by atoms with Gasteiger partial charge in [-0.05, 0) is 23.6 Å². The number of carbonyl (C=O) groups excluding carboxylic acids is 1. The third-order valence-corrected chi connectivity index (χ3v) is 2.78. The second kappa shape index (κ2) is 6.00. The highest BCUT2D eigenvalue weighted by molar-refractivity contribution is 5.67. The first-order valence-electron chi connectivity index (χ1n) is 6.03. The van der Waals surface area contributed by atoms with Crippen molar-refractivity contribution in [1.29, 1.82) is 0 Å². The number of hydrogen-bond donors (Lipinski definition) is 0. The quantitative estimate of drug-likeness (QED) is 0.790. The number of ether oxygens (including phenoxy) is 2. The van der Waals surface area contributed by atoms with Crippen LogP contribution in [0.4, 0.5) is 4.79 Å². The number of hydrogen-bond acceptors (Lipinski definition) is 4. The van der Waals surface area contributed by atoms with E-state index in [1.54, 1.807) is 12.3 Å². The molecule has 0 fully saturated rings. The summed E-state index contributed by atoms with van der Waals surface area (Å²) in [7, 11) is 1.27. The summed E-state index contributed by atoms with van der Waals surface area (Å²) in [5, 5.41) is 0. The van der Waals surface area contributed by atoms with Gasteiger partial charge in [0.05, 0.1) is 13.3 Å². The van der Waals surface area contributed by atoms with Gasteiger partial charge in [-0.15, -0.1) is 0 Å². The lowest BCUT2D eigenvalue weighted by molar-refractivity contribution is 0.121. The zero-order chi connectivity index (χ0) is 13.7. The molecule has 4 nitrogen and oxygen atoms in total. The van der Waals surface area contributed by atoms with E-state index in [2.05, 4.69) is 28.8 Å². The van der Waals surface area contributed by atoms with E-state index in [0.717, 1.165) is 17.5 Å². The molecule has 0 amide bonds. The van der Waals surface area contributed by atoms with E-state index in [0.29, 0.717) is 5.75 Å². The third-order valence-electron chi connectivity index (χ3n) is 2.78. The van der Waals surface area contributed by atoms with Gasteiger partial charge in [0.25, 0.3) is 0 Å². The van der Waals surface area contributed by atoms with Gasteiger partial charge in [0, 0.05) is 11.8 Å². The highest BCUT2D eigenvalue weighted by atomic mass is 16.7. The lowest BCUT2D eigenvalue weighted by Crippen LogP contribution is -2.07. The van der Waals surface area contributed by atoms with Crippen molar-refractivity contribution in [2.24, 2.45) is 0 Å². The van der Waals surface area contributed by atoms with Crippen LogP contribution in [-0.4, -0.2) is 18.2 Å². The first-order chi connectivity index (χ1) is 9.22. The number of methoxy groups -OCH3 is 1. The van der Waals surface area contributed by atoms with Gasteiger partial charge in [0.15, 0.2) is 5.75 Å². The Kier molecular flexibility index (Phi) is 4.13. The highest BCUT2D eigenvalue weighted by Crippen LogP contribution is 2.23. The van der Waals surface area contributed by atoms with Crippen LogP contribution < -0.4 is 4.74 Å². The van der Waals surface area contributed by atoms with E-state index in [9.17, 15) is 4.79 Å². The monoisotopic (exact) mass is 257 g/mol. The van der Waals surface area contributed by atoms with Gasteiger partial charge in [0.1, 0.15) is 0 Å². The van der Waals surface area contributed by atoms with Crippen molar-refractivity contribution in [1.82, 2.24) is 4.98 Å². The smallest absolute Gasteiger partial charge is 0.437 e. The lowest BCUT2D eigenvalue weighted by Gasteiger charge is -2.06. The molecule has 0 spiro atoms. The number of pyridine rings is 1. The molecule has 0 saturated heterocycles. The summed E-state index contributed by atoms with van der Waals surface area (Å²) >= 11 is 0. The first kappa shape index (κ1) is 13.1. The third kappa shape index (κ3) is 3.31. The zero-order valence-electron chi connectivity index (χ0n) is 10.9. The van der Waals surface area contributed by atoms with Crippen molar-refractivity contribution in [3.63, 3.8) is 0 Å². The van der Waals surface area contributed by atoms with Gasteiger partial charge < -0.3 is 9.47 Å². The van der Waals surface area contributed by atoms with Crippen molar-refractivity contribution >= 4 is 6.16 Å². The molecule has 98 valence electrons. The number of rotatable bonds is 3. The molecule has 2 aromatic rings. The van der Waals surface area contributed by atoms with Crippen LogP contribution >= 0.6 is 0 Å². The molecule has 0 radical (unpaired) electrons. The average molecular weight is 257 g/mol. The highest BCUT2D eigenvalue weighted by Gasteiger charge is 2.06. The standard InChI is InChI=1S/C15H15NO3/c1-3-11-4-6-12(7-5-11)13-8-14(10-16-9-13)19-15(17)18-2/h4-10H,3H2,1-2H3. The Bertz CT molecular complexity index is 564. The Labute approximate surface area is 112 Å². The second-order valence-electron chi connectivity index (χ2n) is 4.02. The first-order valence-corrected chi connectivity index (χ1v) is 6.03. The van der Waals surface area contributed by atoms with E-state index in [1.807, 2.05) is 12.1 Å². The molecule has 0 saturated carbocycles. The molecular weight excluding hydrogens is 242 g/mol. The molecule has 0 bridgehead atoms. The normalized spacial score (nSPS) is 10.0. The van der Waals surface area contributed by atoms with Gasteiger partial charge in [-0.1, -0.05) is 31.2 Å². The molecule has 0 atom stereocenters. The molecule has 1 aromatic carbocycles. The van der Waals surface area contributed by atoms with Gasteiger partial charge in [-0.25, -0.2) is 4.79 Å². The SMILES string of the molecule is CCc1ccc(-c2cncc(OC(=O)OC)c2)cc1. The van der Waals surface area contributed by atoms with Crippen LogP contribution in [0.1, 0.15) is 12.5 Å². The van der Waals surface area contributed by atoms with E-state index in [4.69, 9.17) is 4.74 Å². The predicted octanol–water partition coefficient (Wildman–Crippen LogP) is 3.46. The molecule has 2 rings (SSSR count). The van der Waals surface area contributed by atoms with Gasteiger partial charge in [0.2, 0.25) is 0 Å². The van der Waals surface area contributed by atoms with Crippen molar-refractivity contribution in [2.75, 3.05) is 7.11 Å². The van der Waals surface area contributed by atoms with Crippen molar-refractivity contribution in [2.45, 2.75) is 13.3 Å². The van der Waals surface area contributed by atoms with Crippen molar-refractivity contribution < 1.29 is 14.3 Å². The minimum atomic E-state index is -0.750. The van der Waals surface area contributed by atoms with E-state index >= 15 is 0 Å². The summed E-state index contributed by atoms with van der Waals surface area (Å²) in [5.41, 5.74) is 3.20. The predicted molar refractivity (Wildman–Crippen MR) is 72.1 cm³/mol. The van der Waals surface area contributed by atoms with Gasteiger partial charge >= 0.3 is 6.16 Å². The summed E-state index contributed by atoms with van der Waals surface area (Å²) in [6.45, 7) is 2.11. The van der Waals surface area contributed by atoms with Crippen LogP contribution in [-0.2, 0) is 11.2 Å². The van der Waals surface area contributed by atoms with E-state index in [-0.39, 0.29) is 0 Å². The second-order valence-corrected chi connectivity index (χ2v) is 4.02. The number of carbonyl (C=O) groups is 1. The van der Waals surface area contributed by atoms with Gasteiger partial charge in [-0.3, -0.25) is 4.98 Å². The van der Waals surface area contributed by atoms with Crippen LogP contribution in [0.15, 0.2) is 42.7 Å². The number of aromatic nitrogens is 1. The molecular formula is C15H15NO3. The van der Waals surface area contributed by atoms with Crippen molar-refractivity contribution in [3.8, 4) is 16.9 Å². The molecule has 0 aliphatic heterocycles. The topological polar surface area (TPSA) is 48.4 Å².